The first kappa shape index (κ1) is 14.1. The predicted molar refractivity (Wildman–Crippen MR) is 78.7 cm³/mol. The largest absolute Gasteiger partial charge is 0.493 e. The van der Waals surface area contributed by atoms with Gasteiger partial charge in [0.25, 0.3) is 0 Å². The molecule has 0 amide bonds. The van der Waals surface area contributed by atoms with E-state index >= 15 is 0 Å². The van der Waals surface area contributed by atoms with Gasteiger partial charge in [-0.2, -0.15) is 0 Å². The van der Waals surface area contributed by atoms with Gasteiger partial charge in [-0.3, -0.25) is 0 Å². The van der Waals surface area contributed by atoms with Crippen molar-refractivity contribution < 1.29 is 13.9 Å². The minimum Gasteiger partial charge on any atom is -0.493 e. The van der Waals surface area contributed by atoms with Gasteiger partial charge in [-0.25, -0.2) is 4.39 Å². The lowest BCUT2D eigenvalue weighted by Gasteiger charge is -2.12. The van der Waals surface area contributed by atoms with Crippen LogP contribution in [0.15, 0.2) is 48.5 Å². The van der Waals surface area contributed by atoms with E-state index in [-0.39, 0.29) is 5.82 Å². The molecule has 0 bridgehead atoms. The predicted octanol–water partition coefficient (Wildman–Crippen LogP) is 4.29. The number of rotatable bonds is 4. The van der Waals surface area contributed by atoms with Crippen LogP contribution < -0.4 is 9.47 Å². The topological polar surface area (TPSA) is 18.5 Å². The summed E-state index contributed by atoms with van der Waals surface area (Å²) in [4.78, 5) is 0. The van der Waals surface area contributed by atoms with Gasteiger partial charge in [-0.05, 0) is 47.9 Å². The zero-order valence-electron chi connectivity index (χ0n) is 11.8. The van der Waals surface area contributed by atoms with Gasteiger partial charge >= 0.3 is 0 Å². The SMILES string of the molecule is CC=C(c1ccc(F)cc1)c1ccc(OC)c(OC)c1. The molecule has 3 heteroatoms. The van der Waals surface area contributed by atoms with Crippen LogP contribution in [0.1, 0.15) is 18.1 Å². The van der Waals surface area contributed by atoms with Gasteiger partial charge in [0.05, 0.1) is 14.2 Å². The summed E-state index contributed by atoms with van der Waals surface area (Å²) in [6, 6.07) is 12.2. The summed E-state index contributed by atoms with van der Waals surface area (Å²) in [5.41, 5.74) is 2.98. The molecule has 2 rings (SSSR count). The van der Waals surface area contributed by atoms with Crippen LogP contribution in [0.2, 0.25) is 0 Å². The maximum Gasteiger partial charge on any atom is 0.161 e. The van der Waals surface area contributed by atoms with Crippen molar-refractivity contribution in [2.75, 3.05) is 14.2 Å². The molecule has 0 saturated heterocycles. The van der Waals surface area contributed by atoms with Crippen LogP contribution in [0.25, 0.3) is 5.57 Å². The zero-order valence-corrected chi connectivity index (χ0v) is 11.8. The fourth-order valence-electron chi connectivity index (χ4n) is 2.13. The molecular formula is C17H17FO2. The van der Waals surface area contributed by atoms with Crippen molar-refractivity contribution in [2.45, 2.75) is 6.92 Å². The van der Waals surface area contributed by atoms with Crippen LogP contribution in [-0.2, 0) is 0 Å². The standard InChI is InChI=1S/C17H17FO2/c1-4-15(12-5-8-14(18)9-6-12)13-7-10-16(19-2)17(11-13)20-3/h4-11H,1-3H3. The Hall–Kier alpha value is -2.29. The van der Waals surface area contributed by atoms with Gasteiger partial charge in [-0.1, -0.05) is 24.3 Å². The fourth-order valence-corrected chi connectivity index (χ4v) is 2.13. The lowest BCUT2D eigenvalue weighted by Crippen LogP contribution is -1.93. The molecule has 0 heterocycles. The van der Waals surface area contributed by atoms with E-state index in [1.165, 1.54) is 12.1 Å². The molecule has 0 saturated carbocycles. The Labute approximate surface area is 118 Å². The number of halogens is 1. The van der Waals surface area contributed by atoms with E-state index in [4.69, 9.17) is 9.47 Å². The number of ether oxygens (including phenoxy) is 2. The average Bonchev–Trinajstić information content (AvgIpc) is 2.49. The minimum absolute atomic E-state index is 0.239. The number of benzene rings is 2. The highest BCUT2D eigenvalue weighted by molar-refractivity contribution is 5.80. The lowest BCUT2D eigenvalue weighted by molar-refractivity contribution is 0.355. The molecule has 0 radical (unpaired) electrons. The van der Waals surface area contributed by atoms with Crippen molar-refractivity contribution in [1.82, 2.24) is 0 Å². The zero-order chi connectivity index (χ0) is 14.5. The summed E-state index contributed by atoms with van der Waals surface area (Å²) in [6.07, 6.45) is 1.99. The van der Waals surface area contributed by atoms with Crippen molar-refractivity contribution in [3.8, 4) is 11.5 Å². The third-order valence-electron chi connectivity index (χ3n) is 3.14. The maximum atomic E-state index is 13.0. The number of allylic oxidation sites excluding steroid dienone is 1. The molecule has 0 aliphatic rings. The fraction of sp³-hybridized carbons (Fsp3) is 0.176. The smallest absolute Gasteiger partial charge is 0.161 e. The summed E-state index contributed by atoms with van der Waals surface area (Å²) >= 11 is 0. The van der Waals surface area contributed by atoms with Crippen molar-refractivity contribution in [3.05, 3.63) is 65.5 Å². The van der Waals surface area contributed by atoms with Crippen molar-refractivity contribution in [2.24, 2.45) is 0 Å². The molecule has 0 aliphatic heterocycles. The first-order valence-electron chi connectivity index (χ1n) is 6.34. The highest BCUT2D eigenvalue weighted by Gasteiger charge is 2.09. The van der Waals surface area contributed by atoms with E-state index in [1.54, 1.807) is 26.4 Å². The molecule has 0 fully saturated rings. The molecule has 20 heavy (non-hydrogen) atoms. The molecule has 2 aromatic rings. The van der Waals surface area contributed by atoms with E-state index < -0.39 is 0 Å². The van der Waals surface area contributed by atoms with Crippen LogP contribution in [-0.4, -0.2) is 14.2 Å². The van der Waals surface area contributed by atoms with E-state index in [1.807, 2.05) is 31.2 Å². The van der Waals surface area contributed by atoms with Gasteiger partial charge in [0, 0.05) is 0 Å². The molecular weight excluding hydrogens is 255 g/mol. The second-order valence-electron chi connectivity index (χ2n) is 4.28. The van der Waals surface area contributed by atoms with Gasteiger partial charge in [0.15, 0.2) is 11.5 Å². The van der Waals surface area contributed by atoms with Crippen LogP contribution in [0, 0.1) is 5.82 Å². The third kappa shape index (κ3) is 2.82. The van der Waals surface area contributed by atoms with Crippen LogP contribution in [0.4, 0.5) is 4.39 Å². The minimum atomic E-state index is -0.239. The molecule has 104 valence electrons. The molecule has 2 aromatic carbocycles. The van der Waals surface area contributed by atoms with Gasteiger partial charge in [-0.15, -0.1) is 0 Å². The molecule has 0 unspecified atom stereocenters. The number of hydrogen-bond donors (Lipinski definition) is 0. The van der Waals surface area contributed by atoms with E-state index in [0.29, 0.717) is 11.5 Å². The summed E-state index contributed by atoms with van der Waals surface area (Å²) in [5.74, 6) is 1.12. The Morgan fingerprint density at radius 1 is 0.900 bits per heavy atom. The maximum absolute atomic E-state index is 13.0. The normalized spacial score (nSPS) is 11.3. The van der Waals surface area contributed by atoms with E-state index in [0.717, 1.165) is 16.7 Å². The summed E-state index contributed by atoms with van der Waals surface area (Å²) in [6.45, 7) is 1.95. The number of hydrogen-bond acceptors (Lipinski definition) is 2. The molecule has 0 aromatic heterocycles. The van der Waals surface area contributed by atoms with Gasteiger partial charge in [0.1, 0.15) is 5.82 Å². The molecule has 0 N–H and O–H groups in total. The lowest BCUT2D eigenvalue weighted by atomic mass is 9.97. The summed E-state index contributed by atoms with van der Waals surface area (Å²) in [5, 5.41) is 0. The van der Waals surface area contributed by atoms with Crippen LogP contribution in [0.5, 0.6) is 11.5 Å². The molecule has 2 nitrogen and oxygen atoms in total. The molecule has 0 aliphatic carbocycles. The van der Waals surface area contributed by atoms with Crippen LogP contribution >= 0.6 is 0 Å². The van der Waals surface area contributed by atoms with Crippen molar-refractivity contribution >= 4 is 5.57 Å². The van der Waals surface area contributed by atoms with E-state index in [9.17, 15) is 4.39 Å². The Balaban J connectivity index is 2.45. The highest BCUT2D eigenvalue weighted by Crippen LogP contribution is 2.32. The Bertz CT molecular complexity index is 615. The van der Waals surface area contributed by atoms with Gasteiger partial charge < -0.3 is 9.47 Å². The van der Waals surface area contributed by atoms with Crippen molar-refractivity contribution in [1.29, 1.82) is 0 Å². The monoisotopic (exact) mass is 272 g/mol. The molecule has 0 spiro atoms. The number of methoxy groups -OCH3 is 2. The quantitative estimate of drug-likeness (QED) is 0.826. The average molecular weight is 272 g/mol. The van der Waals surface area contributed by atoms with Gasteiger partial charge in [0.2, 0.25) is 0 Å². The Morgan fingerprint density at radius 3 is 2.05 bits per heavy atom. The Kier molecular flexibility index (Phi) is 4.41. The highest BCUT2D eigenvalue weighted by atomic mass is 19.1. The summed E-state index contributed by atoms with van der Waals surface area (Å²) in [7, 11) is 3.21. The van der Waals surface area contributed by atoms with E-state index in [2.05, 4.69) is 0 Å². The first-order chi connectivity index (χ1) is 9.69. The van der Waals surface area contributed by atoms with Crippen molar-refractivity contribution in [3.63, 3.8) is 0 Å². The first-order valence-corrected chi connectivity index (χ1v) is 6.34. The second kappa shape index (κ2) is 6.24. The summed E-state index contributed by atoms with van der Waals surface area (Å²) < 4.78 is 23.6. The molecule has 0 atom stereocenters. The third-order valence-corrected chi connectivity index (χ3v) is 3.14. The Morgan fingerprint density at radius 2 is 1.50 bits per heavy atom. The van der Waals surface area contributed by atoms with Crippen LogP contribution in [0.3, 0.4) is 0 Å². The second-order valence-corrected chi connectivity index (χ2v) is 4.28.